The molecule has 0 saturated heterocycles. The second-order valence-electron chi connectivity index (χ2n) is 4.20. The van der Waals surface area contributed by atoms with Crippen molar-refractivity contribution in [1.82, 2.24) is 0 Å². The highest BCUT2D eigenvalue weighted by atomic mass is 32.1. The molecule has 1 atom stereocenters. The van der Waals surface area contributed by atoms with Crippen molar-refractivity contribution < 1.29 is 0 Å². The molecule has 0 radical (unpaired) electrons. The Morgan fingerprint density at radius 2 is 1.81 bits per heavy atom. The van der Waals surface area contributed by atoms with Crippen LogP contribution in [-0.4, -0.2) is 6.54 Å². The Morgan fingerprint density at radius 1 is 1.12 bits per heavy atom. The third-order valence-corrected chi connectivity index (χ3v) is 4.17. The first-order valence-electron chi connectivity index (χ1n) is 5.57. The van der Waals surface area contributed by atoms with Crippen LogP contribution in [0.4, 0.5) is 0 Å². The highest BCUT2D eigenvalue weighted by Gasteiger charge is 2.07. The van der Waals surface area contributed by atoms with Crippen molar-refractivity contribution >= 4 is 11.3 Å². The molecule has 2 aromatic rings. The number of hydrogen-bond donors (Lipinski definition) is 1. The molecule has 1 aromatic heterocycles. The molecule has 0 spiro atoms. The Kier molecular flexibility index (Phi) is 3.42. The van der Waals surface area contributed by atoms with Crippen LogP contribution in [-0.2, 0) is 0 Å². The van der Waals surface area contributed by atoms with E-state index in [0.717, 1.165) is 0 Å². The Hall–Kier alpha value is -1.12. The monoisotopic (exact) mass is 231 g/mol. The number of aryl methyl sites for hydroxylation is 1. The summed E-state index contributed by atoms with van der Waals surface area (Å²) in [7, 11) is 0. The minimum atomic E-state index is 0.462. The van der Waals surface area contributed by atoms with Gasteiger partial charge in [-0.2, -0.15) is 0 Å². The van der Waals surface area contributed by atoms with Crippen molar-refractivity contribution in [2.45, 2.75) is 19.8 Å². The Bertz CT molecular complexity index is 456. The summed E-state index contributed by atoms with van der Waals surface area (Å²) < 4.78 is 0. The van der Waals surface area contributed by atoms with E-state index < -0.39 is 0 Å². The van der Waals surface area contributed by atoms with Crippen molar-refractivity contribution in [2.24, 2.45) is 5.73 Å². The van der Waals surface area contributed by atoms with E-state index in [1.807, 2.05) is 11.3 Å². The molecule has 84 valence electrons. The number of benzene rings is 1. The van der Waals surface area contributed by atoms with Crippen LogP contribution in [0.1, 0.15) is 23.3 Å². The zero-order valence-electron chi connectivity index (χ0n) is 9.73. The van der Waals surface area contributed by atoms with E-state index in [0.29, 0.717) is 12.5 Å². The van der Waals surface area contributed by atoms with Crippen LogP contribution in [0.2, 0.25) is 0 Å². The first kappa shape index (κ1) is 11.4. The summed E-state index contributed by atoms with van der Waals surface area (Å²) in [5.41, 5.74) is 8.28. The molecular weight excluding hydrogens is 214 g/mol. The van der Waals surface area contributed by atoms with Gasteiger partial charge in [0.1, 0.15) is 0 Å². The largest absolute Gasteiger partial charge is 0.330 e. The normalized spacial score (nSPS) is 12.7. The van der Waals surface area contributed by atoms with Gasteiger partial charge in [0.05, 0.1) is 0 Å². The fourth-order valence-corrected chi connectivity index (χ4v) is 2.68. The maximum absolute atomic E-state index is 5.68. The Morgan fingerprint density at radius 3 is 2.44 bits per heavy atom. The predicted molar refractivity (Wildman–Crippen MR) is 72.0 cm³/mol. The SMILES string of the molecule is Cc1ccc(-c2ccc(C(C)CN)s2)cc1. The number of hydrogen-bond acceptors (Lipinski definition) is 2. The molecule has 1 unspecified atom stereocenters. The van der Waals surface area contributed by atoms with E-state index in [4.69, 9.17) is 5.73 Å². The second-order valence-corrected chi connectivity index (χ2v) is 5.32. The lowest BCUT2D eigenvalue weighted by Crippen LogP contribution is -2.06. The lowest BCUT2D eigenvalue weighted by atomic mass is 10.1. The maximum atomic E-state index is 5.68. The average molecular weight is 231 g/mol. The smallest absolute Gasteiger partial charge is 0.0345 e. The molecule has 1 nitrogen and oxygen atoms in total. The van der Waals surface area contributed by atoms with Gasteiger partial charge >= 0.3 is 0 Å². The molecule has 0 aliphatic heterocycles. The van der Waals surface area contributed by atoms with Crippen molar-refractivity contribution in [1.29, 1.82) is 0 Å². The second kappa shape index (κ2) is 4.81. The van der Waals surface area contributed by atoms with Gasteiger partial charge in [0, 0.05) is 15.7 Å². The Balaban J connectivity index is 2.28. The fraction of sp³-hybridized carbons (Fsp3) is 0.286. The third-order valence-electron chi connectivity index (χ3n) is 2.80. The molecule has 0 fully saturated rings. The van der Waals surface area contributed by atoms with Crippen molar-refractivity contribution in [3.8, 4) is 10.4 Å². The third kappa shape index (κ3) is 2.34. The summed E-state index contributed by atoms with van der Waals surface area (Å²) >= 11 is 1.84. The molecule has 2 N–H and O–H groups in total. The van der Waals surface area contributed by atoms with Gasteiger partial charge in [-0.3, -0.25) is 0 Å². The molecule has 0 bridgehead atoms. The van der Waals surface area contributed by atoms with Gasteiger partial charge in [-0.15, -0.1) is 11.3 Å². The molecule has 1 heterocycles. The summed E-state index contributed by atoms with van der Waals surface area (Å²) in [6, 6.07) is 13.0. The average Bonchev–Trinajstić information content (AvgIpc) is 2.78. The fourth-order valence-electron chi connectivity index (χ4n) is 1.61. The molecule has 16 heavy (non-hydrogen) atoms. The lowest BCUT2D eigenvalue weighted by molar-refractivity contribution is 0.790. The first-order valence-corrected chi connectivity index (χ1v) is 6.39. The van der Waals surface area contributed by atoms with Crippen LogP contribution < -0.4 is 5.73 Å². The van der Waals surface area contributed by atoms with E-state index in [1.54, 1.807) is 0 Å². The van der Waals surface area contributed by atoms with Gasteiger partial charge in [0.25, 0.3) is 0 Å². The molecule has 2 heteroatoms. The van der Waals surface area contributed by atoms with Crippen LogP contribution in [0.5, 0.6) is 0 Å². The topological polar surface area (TPSA) is 26.0 Å². The summed E-state index contributed by atoms with van der Waals surface area (Å²) in [6.07, 6.45) is 0. The van der Waals surface area contributed by atoms with Crippen LogP contribution in [0.15, 0.2) is 36.4 Å². The van der Waals surface area contributed by atoms with E-state index in [-0.39, 0.29) is 0 Å². The minimum absolute atomic E-state index is 0.462. The molecule has 0 aliphatic carbocycles. The van der Waals surface area contributed by atoms with Crippen LogP contribution >= 0.6 is 11.3 Å². The van der Waals surface area contributed by atoms with Gasteiger partial charge in [-0.25, -0.2) is 0 Å². The Labute approximate surface area is 101 Å². The summed E-state index contributed by atoms with van der Waals surface area (Å²) in [4.78, 5) is 2.70. The van der Waals surface area contributed by atoms with Crippen LogP contribution in [0.3, 0.4) is 0 Å². The standard InChI is InChI=1S/C14H17NS/c1-10-3-5-12(6-4-10)14-8-7-13(16-14)11(2)9-15/h3-8,11H,9,15H2,1-2H3. The molecule has 1 aromatic carbocycles. The van der Waals surface area contributed by atoms with Crippen molar-refractivity contribution in [3.63, 3.8) is 0 Å². The van der Waals surface area contributed by atoms with Crippen molar-refractivity contribution in [3.05, 3.63) is 46.8 Å². The van der Waals surface area contributed by atoms with Gasteiger partial charge < -0.3 is 5.73 Å². The van der Waals surface area contributed by atoms with Gasteiger partial charge in [0.2, 0.25) is 0 Å². The van der Waals surface area contributed by atoms with Crippen LogP contribution in [0.25, 0.3) is 10.4 Å². The zero-order valence-corrected chi connectivity index (χ0v) is 10.6. The quantitative estimate of drug-likeness (QED) is 0.854. The molecule has 0 amide bonds. The summed E-state index contributed by atoms with van der Waals surface area (Å²) in [5.74, 6) is 0.462. The zero-order chi connectivity index (χ0) is 11.5. The number of thiophene rings is 1. The van der Waals surface area contributed by atoms with Gasteiger partial charge in [-0.1, -0.05) is 36.8 Å². The lowest BCUT2D eigenvalue weighted by Gasteiger charge is -2.03. The van der Waals surface area contributed by atoms with E-state index in [1.165, 1.54) is 20.9 Å². The predicted octanol–water partition coefficient (Wildman–Crippen LogP) is 3.79. The summed E-state index contributed by atoms with van der Waals surface area (Å²) in [5, 5.41) is 0. The first-order chi connectivity index (χ1) is 7.70. The maximum Gasteiger partial charge on any atom is 0.0345 e. The van der Waals surface area contributed by atoms with Crippen molar-refractivity contribution in [2.75, 3.05) is 6.54 Å². The van der Waals surface area contributed by atoms with E-state index in [9.17, 15) is 0 Å². The van der Waals surface area contributed by atoms with Gasteiger partial charge in [-0.05, 0) is 31.2 Å². The molecule has 2 rings (SSSR count). The highest BCUT2D eigenvalue weighted by Crippen LogP contribution is 2.31. The molecular formula is C14H17NS. The van der Waals surface area contributed by atoms with E-state index in [2.05, 4.69) is 50.2 Å². The molecule has 0 saturated carbocycles. The summed E-state index contributed by atoms with van der Waals surface area (Å²) in [6.45, 7) is 5.00. The molecule has 0 aliphatic rings. The number of rotatable bonds is 3. The van der Waals surface area contributed by atoms with E-state index >= 15 is 0 Å². The highest BCUT2D eigenvalue weighted by molar-refractivity contribution is 7.15. The van der Waals surface area contributed by atoms with Crippen LogP contribution in [0, 0.1) is 6.92 Å². The minimum Gasteiger partial charge on any atom is -0.330 e. The number of nitrogens with two attached hydrogens (primary N) is 1. The van der Waals surface area contributed by atoms with Gasteiger partial charge in [0.15, 0.2) is 0 Å².